The molecule has 2 heterocycles. The summed E-state index contributed by atoms with van der Waals surface area (Å²) in [6, 6.07) is 16.9. The number of para-hydroxylation sites is 1. The number of benzene rings is 2. The van der Waals surface area contributed by atoms with E-state index >= 15 is 0 Å². The molecule has 0 amide bonds. The molecule has 2 N–H and O–H groups in total. The number of hydrogen-bond acceptors (Lipinski definition) is 3. The molecule has 0 saturated carbocycles. The molecule has 1 unspecified atom stereocenters. The summed E-state index contributed by atoms with van der Waals surface area (Å²) in [5.74, 6) is -0.350. The summed E-state index contributed by atoms with van der Waals surface area (Å²) < 4.78 is 4.64. The van der Waals surface area contributed by atoms with Gasteiger partial charge in [0, 0.05) is 28.2 Å². The molecule has 138 valence electrons. The Morgan fingerprint density at radius 1 is 1.15 bits per heavy atom. The van der Waals surface area contributed by atoms with Crippen molar-refractivity contribution in [1.29, 1.82) is 0 Å². The van der Waals surface area contributed by atoms with Crippen molar-refractivity contribution >= 4 is 22.9 Å². The number of hydrogen-bond donors (Lipinski definition) is 2. The van der Waals surface area contributed by atoms with Crippen LogP contribution >= 0.6 is 0 Å². The summed E-state index contributed by atoms with van der Waals surface area (Å²) in [4.78, 5) is 14.9. The summed E-state index contributed by atoms with van der Waals surface area (Å²) in [6.07, 6.45) is 4.19. The second-order valence-corrected chi connectivity index (χ2v) is 7.72. The van der Waals surface area contributed by atoms with Crippen molar-refractivity contribution in [3.63, 3.8) is 0 Å². The maximum Gasteiger partial charge on any atom is 0.330 e. The molecule has 27 heavy (non-hydrogen) atoms. The lowest BCUT2D eigenvalue weighted by atomic mass is 9.84. The molecule has 1 atom stereocenters. The van der Waals surface area contributed by atoms with Crippen molar-refractivity contribution in [2.24, 2.45) is 0 Å². The van der Waals surface area contributed by atoms with Crippen LogP contribution in [-0.2, 0) is 16.0 Å². The fraction of sp³-hybridized carbons (Fsp3) is 0.261. The van der Waals surface area contributed by atoms with E-state index in [0.717, 1.165) is 12.0 Å². The molecule has 0 fully saturated rings. The number of nitrogens with one attached hydrogen (secondary N) is 2. The van der Waals surface area contributed by atoms with Gasteiger partial charge in [0.15, 0.2) is 0 Å². The van der Waals surface area contributed by atoms with Crippen molar-refractivity contribution < 1.29 is 9.53 Å². The first-order valence-corrected chi connectivity index (χ1v) is 9.20. The van der Waals surface area contributed by atoms with E-state index in [-0.39, 0.29) is 17.6 Å². The van der Waals surface area contributed by atoms with Gasteiger partial charge >= 0.3 is 5.97 Å². The Morgan fingerprint density at radius 2 is 1.89 bits per heavy atom. The quantitative estimate of drug-likeness (QED) is 0.539. The number of aromatic nitrogens is 1. The average molecular weight is 360 g/mol. The van der Waals surface area contributed by atoms with Crippen LogP contribution in [0.5, 0.6) is 0 Å². The lowest BCUT2D eigenvalue weighted by molar-refractivity contribution is -0.134. The molecule has 1 aromatic heterocycles. The van der Waals surface area contributed by atoms with Crippen LogP contribution in [0.4, 0.5) is 0 Å². The van der Waals surface area contributed by atoms with E-state index in [1.807, 2.05) is 12.1 Å². The fourth-order valence-electron chi connectivity index (χ4n) is 3.90. The van der Waals surface area contributed by atoms with Crippen LogP contribution in [0, 0.1) is 0 Å². The number of methoxy groups -OCH3 is 1. The zero-order valence-corrected chi connectivity index (χ0v) is 15.9. The number of esters is 1. The van der Waals surface area contributed by atoms with Crippen LogP contribution in [0.1, 0.15) is 42.3 Å². The summed E-state index contributed by atoms with van der Waals surface area (Å²) >= 11 is 0. The molecule has 0 bridgehead atoms. The standard InChI is InChI=1S/C23H24N2O2/c1-23(2)14-18-17-6-4-5-7-19(17)24-22(18)21(25-23)16-11-8-15(9-12-16)10-13-20(26)27-3/h4-13,21,24-25H,14H2,1-3H3/b13-10+. The van der Waals surface area contributed by atoms with E-state index in [2.05, 4.69) is 65.3 Å². The first-order valence-electron chi connectivity index (χ1n) is 9.20. The van der Waals surface area contributed by atoms with Gasteiger partial charge in [0.05, 0.1) is 13.2 Å². The highest BCUT2D eigenvalue weighted by Gasteiger charge is 2.34. The molecule has 0 radical (unpaired) electrons. The second kappa shape index (κ2) is 6.71. The molecule has 0 aliphatic carbocycles. The van der Waals surface area contributed by atoms with Gasteiger partial charge in [0.2, 0.25) is 0 Å². The van der Waals surface area contributed by atoms with Crippen molar-refractivity contribution in [1.82, 2.24) is 10.3 Å². The molecule has 3 aromatic rings. The number of aromatic amines is 1. The second-order valence-electron chi connectivity index (χ2n) is 7.72. The minimum Gasteiger partial charge on any atom is -0.466 e. The van der Waals surface area contributed by atoms with Gasteiger partial charge in [-0.1, -0.05) is 42.5 Å². The number of ether oxygens (including phenoxy) is 1. The third-order valence-electron chi connectivity index (χ3n) is 5.17. The van der Waals surface area contributed by atoms with Gasteiger partial charge in [0.1, 0.15) is 0 Å². The summed E-state index contributed by atoms with van der Waals surface area (Å²) in [5, 5.41) is 5.09. The SMILES string of the molecule is COC(=O)/C=C/c1ccc(C2NC(C)(C)Cc3c2[nH]c2ccccc32)cc1. The Bertz CT molecular complexity index is 1010. The minimum absolute atomic E-state index is 0.00604. The van der Waals surface area contributed by atoms with E-state index in [1.54, 1.807) is 6.08 Å². The summed E-state index contributed by atoms with van der Waals surface area (Å²) in [5.41, 5.74) is 6.00. The predicted octanol–water partition coefficient (Wildman–Crippen LogP) is 4.37. The highest BCUT2D eigenvalue weighted by molar-refractivity contribution is 5.87. The van der Waals surface area contributed by atoms with E-state index in [0.29, 0.717) is 0 Å². The molecule has 4 nitrogen and oxygen atoms in total. The molecular weight excluding hydrogens is 336 g/mol. The number of carbonyl (C=O) groups excluding carboxylic acids is 1. The van der Waals surface area contributed by atoms with Crippen LogP contribution in [0.25, 0.3) is 17.0 Å². The lowest BCUT2D eigenvalue weighted by Gasteiger charge is -2.37. The molecule has 2 aromatic carbocycles. The van der Waals surface area contributed by atoms with Gasteiger partial charge in [-0.15, -0.1) is 0 Å². The van der Waals surface area contributed by atoms with E-state index < -0.39 is 0 Å². The molecule has 4 heteroatoms. The Kier molecular flexibility index (Phi) is 4.36. The zero-order valence-electron chi connectivity index (χ0n) is 15.9. The first kappa shape index (κ1) is 17.6. The van der Waals surface area contributed by atoms with Crippen LogP contribution in [0.2, 0.25) is 0 Å². The first-order chi connectivity index (χ1) is 13.0. The lowest BCUT2D eigenvalue weighted by Crippen LogP contribution is -2.47. The van der Waals surface area contributed by atoms with Crippen LogP contribution in [0.3, 0.4) is 0 Å². The topological polar surface area (TPSA) is 54.1 Å². The van der Waals surface area contributed by atoms with Crippen molar-refractivity contribution in [2.75, 3.05) is 7.11 Å². The van der Waals surface area contributed by atoms with Crippen LogP contribution in [0.15, 0.2) is 54.6 Å². The summed E-state index contributed by atoms with van der Waals surface area (Å²) in [6.45, 7) is 4.50. The molecule has 0 spiro atoms. The van der Waals surface area contributed by atoms with Crippen molar-refractivity contribution in [2.45, 2.75) is 31.8 Å². The minimum atomic E-state index is -0.350. The predicted molar refractivity (Wildman–Crippen MR) is 109 cm³/mol. The van der Waals surface area contributed by atoms with Gasteiger partial charge in [-0.3, -0.25) is 5.32 Å². The normalized spacial score (nSPS) is 18.6. The maximum absolute atomic E-state index is 11.3. The van der Waals surface area contributed by atoms with E-state index in [1.165, 1.54) is 40.9 Å². The number of carbonyl (C=O) groups is 1. The largest absolute Gasteiger partial charge is 0.466 e. The van der Waals surface area contributed by atoms with E-state index in [9.17, 15) is 4.79 Å². The van der Waals surface area contributed by atoms with Crippen LogP contribution in [-0.4, -0.2) is 23.6 Å². The Balaban J connectivity index is 1.72. The number of H-pyrrole nitrogens is 1. The van der Waals surface area contributed by atoms with Gasteiger partial charge < -0.3 is 9.72 Å². The zero-order chi connectivity index (χ0) is 19.0. The van der Waals surface area contributed by atoms with Gasteiger partial charge in [-0.25, -0.2) is 4.79 Å². The molecule has 1 aliphatic heterocycles. The molecular formula is C23H24N2O2. The highest BCUT2D eigenvalue weighted by Crippen LogP contribution is 2.38. The fourth-order valence-corrected chi connectivity index (χ4v) is 3.90. The Hall–Kier alpha value is -2.85. The Labute approximate surface area is 159 Å². The Morgan fingerprint density at radius 3 is 2.63 bits per heavy atom. The van der Waals surface area contributed by atoms with E-state index in [4.69, 9.17) is 0 Å². The third-order valence-corrected chi connectivity index (χ3v) is 5.17. The molecule has 0 saturated heterocycles. The van der Waals surface area contributed by atoms with Gasteiger partial charge in [-0.2, -0.15) is 0 Å². The summed E-state index contributed by atoms with van der Waals surface area (Å²) in [7, 11) is 1.38. The molecule has 4 rings (SSSR count). The highest BCUT2D eigenvalue weighted by atomic mass is 16.5. The molecule has 1 aliphatic rings. The van der Waals surface area contributed by atoms with Crippen molar-refractivity contribution in [3.8, 4) is 0 Å². The maximum atomic E-state index is 11.3. The van der Waals surface area contributed by atoms with Gasteiger partial charge in [-0.05, 0) is 49.1 Å². The van der Waals surface area contributed by atoms with Crippen molar-refractivity contribution in [3.05, 3.63) is 77.0 Å². The number of rotatable bonds is 3. The third kappa shape index (κ3) is 3.40. The average Bonchev–Trinajstić information content (AvgIpc) is 3.03. The monoisotopic (exact) mass is 360 g/mol. The van der Waals surface area contributed by atoms with Gasteiger partial charge in [0.25, 0.3) is 0 Å². The smallest absolute Gasteiger partial charge is 0.330 e. The number of fused-ring (bicyclic) bond motifs is 3. The van der Waals surface area contributed by atoms with Crippen LogP contribution < -0.4 is 5.32 Å².